The molecule has 0 aliphatic carbocycles. The van der Waals surface area contributed by atoms with Gasteiger partial charge in [-0.3, -0.25) is 5.41 Å². The zero-order valence-corrected chi connectivity index (χ0v) is 17.2. The second-order valence-corrected chi connectivity index (χ2v) is 7.79. The fourth-order valence-electron chi connectivity index (χ4n) is 3.93. The number of nitrogen functional groups attached to an aromatic ring is 1. The van der Waals surface area contributed by atoms with Gasteiger partial charge in [0.15, 0.2) is 0 Å². The van der Waals surface area contributed by atoms with Crippen molar-refractivity contribution in [1.82, 2.24) is 10.2 Å². The minimum absolute atomic E-state index is 0.0258. The number of esters is 1. The third-order valence-electron chi connectivity index (χ3n) is 5.40. The summed E-state index contributed by atoms with van der Waals surface area (Å²) in [6, 6.07) is 13.4. The summed E-state index contributed by atoms with van der Waals surface area (Å²) < 4.78 is 4.96. The van der Waals surface area contributed by atoms with Crippen LogP contribution in [0.2, 0.25) is 0 Å². The Morgan fingerprint density at radius 1 is 1.17 bits per heavy atom. The Labute approximate surface area is 172 Å². The molecule has 154 valence electrons. The van der Waals surface area contributed by atoms with Gasteiger partial charge in [0.1, 0.15) is 5.84 Å². The van der Waals surface area contributed by atoms with Crippen molar-refractivity contribution in [3.05, 3.63) is 59.2 Å². The average Bonchev–Trinajstić information content (AvgIpc) is 2.73. The molecule has 4 N–H and O–H groups in total. The van der Waals surface area contributed by atoms with E-state index >= 15 is 0 Å². The minimum atomic E-state index is -0.350. The highest BCUT2D eigenvalue weighted by Gasteiger charge is 2.16. The summed E-state index contributed by atoms with van der Waals surface area (Å²) in [7, 11) is 3.52. The molecule has 3 rings (SSSR count). The van der Waals surface area contributed by atoms with E-state index in [4.69, 9.17) is 15.9 Å². The molecule has 0 atom stereocenters. The minimum Gasteiger partial charge on any atom is -0.465 e. The van der Waals surface area contributed by atoms with Gasteiger partial charge in [0.05, 0.1) is 12.7 Å². The van der Waals surface area contributed by atoms with E-state index < -0.39 is 0 Å². The lowest BCUT2D eigenvalue weighted by molar-refractivity contribution is 0.0600. The smallest absolute Gasteiger partial charge is 0.337 e. The molecule has 6 nitrogen and oxygen atoms in total. The number of ether oxygens (including phenoxy) is 1. The van der Waals surface area contributed by atoms with Crippen molar-refractivity contribution in [3.63, 3.8) is 0 Å². The lowest BCUT2D eigenvalue weighted by Gasteiger charge is -2.27. The number of carbonyl (C=O) groups excluding carboxylic acids is 1. The highest BCUT2D eigenvalue weighted by molar-refractivity contribution is 5.96. The molecule has 1 fully saturated rings. The van der Waals surface area contributed by atoms with Crippen LogP contribution in [0, 0.1) is 11.3 Å². The summed E-state index contributed by atoms with van der Waals surface area (Å²) >= 11 is 0. The third kappa shape index (κ3) is 5.65. The maximum absolute atomic E-state index is 12.2. The first-order valence-electron chi connectivity index (χ1n) is 10.0. The number of methoxy groups -OCH3 is 1. The van der Waals surface area contributed by atoms with Crippen molar-refractivity contribution in [2.24, 2.45) is 11.7 Å². The van der Waals surface area contributed by atoms with Gasteiger partial charge >= 0.3 is 5.97 Å². The van der Waals surface area contributed by atoms with Crippen LogP contribution >= 0.6 is 0 Å². The van der Waals surface area contributed by atoms with Crippen LogP contribution in [0.1, 0.15) is 34.3 Å². The molecule has 0 bridgehead atoms. The van der Waals surface area contributed by atoms with Crippen molar-refractivity contribution in [1.29, 1.82) is 5.41 Å². The van der Waals surface area contributed by atoms with Crippen LogP contribution in [-0.4, -0.2) is 50.5 Å². The van der Waals surface area contributed by atoms with Crippen LogP contribution in [0.4, 0.5) is 0 Å². The largest absolute Gasteiger partial charge is 0.465 e. The first kappa shape index (κ1) is 21.0. The van der Waals surface area contributed by atoms with Crippen LogP contribution in [0.5, 0.6) is 0 Å². The van der Waals surface area contributed by atoms with Crippen molar-refractivity contribution in [2.45, 2.75) is 19.4 Å². The Balaban J connectivity index is 1.86. The van der Waals surface area contributed by atoms with E-state index in [1.54, 1.807) is 0 Å². The molecule has 1 heterocycles. The molecule has 0 unspecified atom stereocenters. The molecular weight excluding hydrogens is 364 g/mol. The molecule has 2 aromatic rings. The van der Waals surface area contributed by atoms with Crippen molar-refractivity contribution < 1.29 is 9.53 Å². The topological polar surface area (TPSA) is 91.4 Å². The average molecular weight is 395 g/mol. The molecule has 0 saturated carbocycles. The number of nitrogens with two attached hydrogens (primary N) is 1. The molecule has 0 spiro atoms. The number of rotatable bonds is 7. The Hall–Kier alpha value is -2.70. The number of piperidine rings is 1. The van der Waals surface area contributed by atoms with Crippen LogP contribution in [0.3, 0.4) is 0 Å². The van der Waals surface area contributed by atoms with E-state index in [0.29, 0.717) is 17.0 Å². The van der Waals surface area contributed by atoms with E-state index in [1.807, 2.05) is 36.4 Å². The van der Waals surface area contributed by atoms with E-state index in [-0.39, 0.29) is 11.8 Å². The molecular formula is C23H30N4O2. The number of hydrogen-bond acceptors (Lipinski definition) is 5. The number of carbonyl (C=O) groups is 1. The Morgan fingerprint density at radius 2 is 1.90 bits per heavy atom. The first-order chi connectivity index (χ1) is 14.0. The summed E-state index contributed by atoms with van der Waals surface area (Å²) in [6.45, 7) is 3.98. The number of amidine groups is 1. The summed E-state index contributed by atoms with van der Waals surface area (Å²) in [5, 5.41) is 11.1. The fraction of sp³-hybridized carbons (Fsp3) is 0.391. The van der Waals surface area contributed by atoms with Gasteiger partial charge in [0.2, 0.25) is 0 Å². The van der Waals surface area contributed by atoms with E-state index in [9.17, 15) is 4.79 Å². The van der Waals surface area contributed by atoms with Crippen molar-refractivity contribution >= 4 is 11.8 Å². The van der Waals surface area contributed by atoms with E-state index in [0.717, 1.165) is 42.9 Å². The number of nitrogens with zero attached hydrogens (tertiary/aromatic N) is 1. The predicted octanol–water partition coefficient (Wildman–Crippen LogP) is 2.86. The van der Waals surface area contributed by atoms with Gasteiger partial charge in [-0.1, -0.05) is 18.2 Å². The van der Waals surface area contributed by atoms with Gasteiger partial charge in [-0.05, 0) is 79.9 Å². The van der Waals surface area contributed by atoms with Crippen LogP contribution in [0.15, 0.2) is 42.5 Å². The molecule has 0 radical (unpaired) electrons. The second kappa shape index (κ2) is 9.67. The van der Waals surface area contributed by atoms with Crippen molar-refractivity contribution in [2.75, 3.05) is 33.8 Å². The lowest BCUT2D eigenvalue weighted by atomic mass is 9.96. The highest BCUT2D eigenvalue weighted by Crippen LogP contribution is 2.25. The molecule has 1 aliphatic rings. The SMILES string of the molecule is COC(=O)c1cc(CN(C)CC2CCNCC2)cc(-c2cccc(C(=N)N)c2)c1. The molecule has 6 heteroatoms. The van der Waals surface area contributed by atoms with Crippen molar-refractivity contribution in [3.8, 4) is 11.1 Å². The molecule has 1 saturated heterocycles. The summed E-state index contributed by atoms with van der Waals surface area (Å²) in [6.07, 6.45) is 2.41. The van der Waals surface area contributed by atoms with Gasteiger partial charge in [-0.2, -0.15) is 0 Å². The summed E-state index contributed by atoms with van der Waals surface area (Å²) in [5.74, 6) is 0.381. The third-order valence-corrected chi connectivity index (χ3v) is 5.40. The molecule has 1 aliphatic heterocycles. The zero-order valence-electron chi connectivity index (χ0n) is 17.2. The van der Waals surface area contributed by atoms with Gasteiger partial charge in [0.25, 0.3) is 0 Å². The predicted molar refractivity (Wildman–Crippen MR) is 116 cm³/mol. The lowest BCUT2D eigenvalue weighted by Crippen LogP contribution is -2.34. The highest BCUT2D eigenvalue weighted by atomic mass is 16.5. The first-order valence-corrected chi connectivity index (χ1v) is 10.0. The quantitative estimate of drug-likeness (QED) is 0.382. The summed E-state index contributed by atoms with van der Waals surface area (Å²) in [5.41, 5.74) is 9.74. The number of hydrogen-bond donors (Lipinski definition) is 3. The number of nitrogens with one attached hydrogen (secondary N) is 2. The number of benzene rings is 2. The van der Waals surface area contributed by atoms with Gasteiger partial charge in [0, 0.05) is 18.7 Å². The molecule has 29 heavy (non-hydrogen) atoms. The van der Waals surface area contributed by atoms with Gasteiger partial charge < -0.3 is 20.7 Å². The maximum atomic E-state index is 12.2. The standard InChI is InChI=1S/C23H30N4O2/c1-27(14-16-6-8-26-9-7-16)15-17-10-20(13-21(11-17)23(28)29-2)18-4-3-5-19(12-18)22(24)25/h3-5,10-13,16,26H,6-9,14-15H2,1-2H3,(H3,24,25). The Kier molecular flexibility index (Phi) is 7.01. The molecule has 2 aromatic carbocycles. The van der Waals surface area contributed by atoms with Gasteiger partial charge in [-0.15, -0.1) is 0 Å². The Bertz CT molecular complexity index is 875. The second-order valence-electron chi connectivity index (χ2n) is 7.79. The van der Waals surface area contributed by atoms with Gasteiger partial charge in [-0.25, -0.2) is 4.79 Å². The Morgan fingerprint density at radius 3 is 2.59 bits per heavy atom. The monoisotopic (exact) mass is 394 g/mol. The van der Waals surface area contributed by atoms with Crippen LogP contribution < -0.4 is 11.1 Å². The molecule has 0 aromatic heterocycles. The zero-order chi connectivity index (χ0) is 20.8. The molecule has 0 amide bonds. The fourth-order valence-corrected chi connectivity index (χ4v) is 3.93. The van der Waals surface area contributed by atoms with E-state index in [1.165, 1.54) is 20.0 Å². The van der Waals surface area contributed by atoms with Crippen LogP contribution in [0.25, 0.3) is 11.1 Å². The van der Waals surface area contributed by atoms with E-state index in [2.05, 4.69) is 23.3 Å². The normalized spacial score (nSPS) is 14.7. The maximum Gasteiger partial charge on any atom is 0.337 e. The summed E-state index contributed by atoms with van der Waals surface area (Å²) in [4.78, 5) is 14.6. The van der Waals surface area contributed by atoms with Crippen LogP contribution in [-0.2, 0) is 11.3 Å².